The zero-order valence-corrected chi connectivity index (χ0v) is 16.1. The fourth-order valence-corrected chi connectivity index (χ4v) is 3.87. The molecule has 5 heteroatoms. The van der Waals surface area contributed by atoms with Crippen molar-refractivity contribution < 1.29 is 9.59 Å². The Bertz CT molecular complexity index is 645. The van der Waals surface area contributed by atoms with Gasteiger partial charge in [-0.1, -0.05) is 37.5 Å². The first-order chi connectivity index (χ1) is 12.5. The summed E-state index contributed by atoms with van der Waals surface area (Å²) < 4.78 is 0. The lowest BCUT2D eigenvalue weighted by Gasteiger charge is -2.36. The molecule has 0 bridgehead atoms. The Morgan fingerprint density at radius 3 is 2.27 bits per heavy atom. The Balaban J connectivity index is 1.45. The van der Waals surface area contributed by atoms with E-state index >= 15 is 0 Å². The summed E-state index contributed by atoms with van der Waals surface area (Å²) in [4.78, 5) is 28.7. The molecule has 0 radical (unpaired) electrons. The van der Waals surface area contributed by atoms with Gasteiger partial charge in [0, 0.05) is 32.2 Å². The van der Waals surface area contributed by atoms with Crippen molar-refractivity contribution in [1.29, 1.82) is 0 Å². The second kappa shape index (κ2) is 8.56. The third-order valence-electron chi connectivity index (χ3n) is 5.78. The van der Waals surface area contributed by atoms with Gasteiger partial charge in [0.2, 0.25) is 5.91 Å². The summed E-state index contributed by atoms with van der Waals surface area (Å²) in [5, 5.41) is 3.17. The number of aryl methyl sites for hydroxylation is 2. The zero-order chi connectivity index (χ0) is 18.5. The summed E-state index contributed by atoms with van der Waals surface area (Å²) in [5.41, 5.74) is 3.54. The Hall–Kier alpha value is -2.04. The quantitative estimate of drug-likeness (QED) is 0.904. The number of urea groups is 1. The molecular formula is C21H31N3O2. The van der Waals surface area contributed by atoms with Crippen molar-refractivity contribution in [3.8, 4) is 0 Å². The minimum absolute atomic E-state index is 0.0400. The van der Waals surface area contributed by atoms with Crippen molar-refractivity contribution in [3.05, 3.63) is 34.9 Å². The molecule has 3 rings (SSSR count). The molecule has 1 heterocycles. The molecule has 3 amide bonds. The first-order valence-electron chi connectivity index (χ1n) is 9.92. The van der Waals surface area contributed by atoms with Crippen LogP contribution in [0.2, 0.25) is 0 Å². The van der Waals surface area contributed by atoms with Gasteiger partial charge in [0.05, 0.1) is 6.42 Å². The summed E-state index contributed by atoms with van der Waals surface area (Å²) in [7, 11) is 0. The monoisotopic (exact) mass is 357 g/mol. The highest BCUT2D eigenvalue weighted by atomic mass is 16.2. The van der Waals surface area contributed by atoms with Crippen LogP contribution in [0.5, 0.6) is 0 Å². The molecule has 26 heavy (non-hydrogen) atoms. The van der Waals surface area contributed by atoms with Crippen LogP contribution in [-0.2, 0) is 11.2 Å². The third kappa shape index (κ3) is 4.77. The van der Waals surface area contributed by atoms with Gasteiger partial charge < -0.3 is 15.1 Å². The van der Waals surface area contributed by atoms with E-state index in [1.54, 1.807) is 0 Å². The summed E-state index contributed by atoms with van der Waals surface area (Å²) in [6, 6.07) is 6.58. The van der Waals surface area contributed by atoms with Crippen LogP contribution in [0, 0.1) is 13.8 Å². The number of amides is 3. The minimum atomic E-state index is 0.0400. The Kier molecular flexibility index (Phi) is 6.17. The van der Waals surface area contributed by atoms with Crippen LogP contribution in [-0.4, -0.2) is 54.0 Å². The lowest BCUT2D eigenvalue weighted by molar-refractivity contribution is -0.131. The number of nitrogens with one attached hydrogen (secondary N) is 1. The fourth-order valence-electron chi connectivity index (χ4n) is 3.87. The summed E-state index contributed by atoms with van der Waals surface area (Å²) >= 11 is 0. The van der Waals surface area contributed by atoms with Crippen LogP contribution in [0.25, 0.3) is 0 Å². The molecule has 1 saturated carbocycles. The van der Waals surface area contributed by atoms with E-state index in [2.05, 4.69) is 31.3 Å². The van der Waals surface area contributed by atoms with Crippen LogP contribution >= 0.6 is 0 Å². The maximum absolute atomic E-state index is 12.6. The first-order valence-corrected chi connectivity index (χ1v) is 9.92. The van der Waals surface area contributed by atoms with E-state index in [9.17, 15) is 9.59 Å². The molecule has 142 valence electrons. The van der Waals surface area contributed by atoms with Crippen molar-refractivity contribution in [1.82, 2.24) is 15.1 Å². The molecule has 0 spiro atoms. The molecule has 5 nitrogen and oxygen atoms in total. The van der Waals surface area contributed by atoms with E-state index in [0.717, 1.165) is 18.4 Å². The normalized spacial score (nSPS) is 18.7. The number of nitrogens with zero attached hydrogens (tertiary/aromatic N) is 2. The Morgan fingerprint density at radius 1 is 0.962 bits per heavy atom. The number of hydrogen-bond donors (Lipinski definition) is 1. The highest BCUT2D eigenvalue weighted by Crippen LogP contribution is 2.18. The van der Waals surface area contributed by atoms with Gasteiger partial charge in [-0.05, 0) is 43.4 Å². The largest absolute Gasteiger partial charge is 0.339 e. The molecule has 1 aromatic carbocycles. The van der Waals surface area contributed by atoms with Crippen LogP contribution in [0.4, 0.5) is 4.79 Å². The molecule has 0 unspecified atom stereocenters. The Labute approximate surface area is 156 Å². The molecule has 1 N–H and O–H groups in total. The SMILES string of the molecule is Cc1ccc(CC(=O)N2CCN(C(=O)NC3CCCCC3)CC2)cc1C. The second-order valence-corrected chi connectivity index (χ2v) is 7.75. The van der Waals surface area contributed by atoms with Crippen molar-refractivity contribution >= 4 is 11.9 Å². The highest BCUT2D eigenvalue weighted by Gasteiger charge is 2.25. The predicted octanol–water partition coefficient (Wildman–Crippen LogP) is 3.03. The molecule has 2 fully saturated rings. The lowest BCUT2D eigenvalue weighted by Crippen LogP contribution is -2.54. The number of carbonyl (C=O) groups is 2. The molecule has 1 aromatic rings. The predicted molar refractivity (Wildman–Crippen MR) is 103 cm³/mol. The van der Waals surface area contributed by atoms with E-state index in [1.165, 1.54) is 30.4 Å². The van der Waals surface area contributed by atoms with E-state index < -0.39 is 0 Å². The van der Waals surface area contributed by atoms with Crippen LogP contribution in [0.15, 0.2) is 18.2 Å². The maximum Gasteiger partial charge on any atom is 0.317 e. The highest BCUT2D eigenvalue weighted by molar-refractivity contribution is 5.79. The van der Waals surface area contributed by atoms with Crippen molar-refractivity contribution in [2.24, 2.45) is 0 Å². The van der Waals surface area contributed by atoms with Gasteiger partial charge in [0.25, 0.3) is 0 Å². The standard InChI is InChI=1S/C21H31N3O2/c1-16-8-9-18(14-17(16)2)15-20(25)23-10-12-24(13-11-23)21(26)22-19-6-4-3-5-7-19/h8-9,14,19H,3-7,10-13,15H2,1-2H3,(H,22,26). The minimum Gasteiger partial charge on any atom is -0.339 e. The van der Waals surface area contributed by atoms with Crippen molar-refractivity contribution in [2.45, 2.75) is 58.4 Å². The average Bonchev–Trinajstić information content (AvgIpc) is 2.65. The summed E-state index contributed by atoms with van der Waals surface area (Å²) in [6.07, 6.45) is 6.35. The molecule has 1 aliphatic heterocycles. The van der Waals surface area contributed by atoms with E-state index in [4.69, 9.17) is 0 Å². The number of rotatable bonds is 3. The third-order valence-corrected chi connectivity index (χ3v) is 5.78. The first kappa shape index (κ1) is 18.7. The van der Waals surface area contributed by atoms with Gasteiger partial charge in [-0.3, -0.25) is 4.79 Å². The van der Waals surface area contributed by atoms with Gasteiger partial charge in [-0.25, -0.2) is 4.79 Å². The van der Waals surface area contributed by atoms with Gasteiger partial charge >= 0.3 is 6.03 Å². The second-order valence-electron chi connectivity index (χ2n) is 7.75. The van der Waals surface area contributed by atoms with Gasteiger partial charge in [-0.15, -0.1) is 0 Å². The molecular weight excluding hydrogens is 326 g/mol. The molecule has 1 saturated heterocycles. The Morgan fingerprint density at radius 2 is 1.62 bits per heavy atom. The number of benzene rings is 1. The van der Waals surface area contributed by atoms with Crippen molar-refractivity contribution in [3.63, 3.8) is 0 Å². The summed E-state index contributed by atoms with van der Waals surface area (Å²) in [6.45, 7) is 6.66. The number of carbonyl (C=O) groups excluding carboxylic acids is 2. The van der Waals surface area contributed by atoms with Crippen LogP contribution in [0.1, 0.15) is 48.8 Å². The van der Waals surface area contributed by atoms with Crippen LogP contribution in [0.3, 0.4) is 0 Å². The molecule has 0 aromatic heterocycles. The van der Waals surface area contributed by atoms with Crippen LogP contribution < -0.4 is 5.32 Å². The zero-order valence-electron chi connectivity index (χ0n) is 16.1. The molecule has 2 aliphatic rings. The van der Waals surface area contributed by atoms with Gasteiger partial charge in [0.15, 0.2) is 0 Å². The van der Waals surface area contributed by atoms with Crippen molar-refractivity contribution in [2.75, 3.05) is 26.2 Å². The lowest BCUT2D eigenvalue weighted by atomic mass is 9.96. The average molecular weight is 357 g/mol. The van der Waals surface area contributed by atoms with Gasteiger partial charge in [0.1, 0.15) is 0 Å². The van der Waals surface area contributed by atoms with E-state index in [1.807, 2.05) is 15.9 Å². The molecule has 1 aliphatic carbocycles. The smallest absolute Gasteiger partial charge is 0.317 e. The summed E-state index contributed by atoms with van der Waals surface area (Å²) in [5.74, 6) is 0.153. The fraction of sp³-hybridized carbons (Fsp3) is 0.619. The topological polar surface area (TPSA) is 52.7 Å². The van der Waals surface area contributed by atoms with E-state index in [0.29, 0.717) is 38.6 Å². The van der Waals surface area contributed by atoms with Gasteiger partial charge in [-0.2, -0.15) is 0 Å². The number of hydrogen-bond acceptors (Lipinski definition) is 2. The maximum atomic E-state index is 12.6. The molecule has 0 atom stereocenters. The number of piperazine rings is 1. The van der Waals surface area contributed by atoms with E-state index in [-0.39, 0.29) is 11.9 Å².